The molecule has 0 aliphatic rings. The van der Waals surface area contributed by atoms with Gasteiger partial charge in [0.25, 0.3) is 0 Å². The predicted octanol–water partition coefficient (Wildman–Crippen LogP) is 7.92. The molecule has 0 saturated heterocycles. The molecule has 180 valence electrons. The molecule has 0 atom stereocenters. The monoisotopic (exact) mass is 469 g/mol. The smallest absolute Gasteiger partial charge is 0.134 e. The highest BCUT2D eigenvalue weighted by Crippen LogP contribution is 2.44. The molecule has 0 spiro atoms. The number of rotatable bonds is 5. The van der Waals surface area contributed by atoms with E-state index in [1.165, 1.54) is 0 Å². The number of nitrogens with zero attached hydrogens (tertiary/aromatic N) is 1. The molecule has 0 radical (unpaired) electrons. The molecule has 0 aromatic heterocycles. The molecule has 0 aliphatic carbocycles. The summed E-state index contributed by atoms with van der Waals surface area (Å²) in [5, 5.41) is 30.4. The SMILES string of the molecule is Cc1cc(C)c(Oc2ccc(N(c3c(C)cc(O)cc3C)c3c(C)cc(O)cc3C)cc2)cc1O. The van der Waals surface area contributed by atoms with Crippen molar-refractivity contribution in [2.75, 3.05) is 4.90 Å². The third-order valence-corrected chi connectivity index (χ3v) is 6.22. The van der Waals surface area contributed by atoms with Crippen LogP contribution in [0.4, 0.5) is 17.1 Å². The quantitative estimate of drug-likeness (QED) is 0.277. The Labute approximate surface area is 206 Å². The Kier molecular flexibility index (Phi) is 6.35. The van der Waals surface area contributed by atoms with Gasteiger partial charge in [-0.2, -0.15) is 0 Å². The molecule has 35 heavy (non-hydrogen) atoms. The second-order valence-corrected chi connectivity index (χ2v) is 9.19. The summed E-state index contributed by atoms with van der Waals surface area (Å²) < 4.78 is 6.07. The number of hydrogen-bond donors (Lipinski definition) is 3. The van der Waals surface area contributed by atoms with Crippen molar-refractivity contribution >= 4 is 17.1 Å². The fourth-order valence-corrected chi connectivity index (χ4v) is 4.66. The van der Waals surface area contributed by atoms with Crippen molar-refractivity contribution in [3.8, 4) is 28.7 Å². The van der Waals surface area contributed by atoms with E-state index in [4.69, 9.17) is 4.74 Å². The van der Waals surface area contributed by atoms with Crippen molar-refractivity contribution in [2.45, 2.75) is 41.5 Å². The molecule has 4 rings (SSSR count). The van der Waals surface area contributed by atoms with Crippen LogP contribution in [0.2, 0.25) is 0 Å². The maximum atomic E-state index is 10.1. The van der Waals surface area contributed by atoms with Gasteiger partial charge in [0.1, 0.15) is 28.7 Å². The van der Waals surface area contributed by atoms with E-state index in [0.717, 1.165) is 50.4 Å². The van der Waals surface area contributed by atoms with Crippen molar-refractivity contribution in [1.29, 1.82) is 0 Å². The van der Waals surface area contributed by atoms with Gasteiger partial charge in [-0.25, -0.2) is 0 Å². The number of aromatic hydroxyl groups is 3. The third kappa shape index (κ3) is 4.76. The van der Waals surface area contributed by atoms with Crippen molar-refractivity contribution < 1.29 is 20.1 Å². The summed E-state index contributed by atoms with van der Waals surface area (Å²) in [5.74, 6) is 1.91. The van der Waals surface area contributed by atoms with Crippen LogP contribution >= 0.6 is 0 Å². The highest BCUT2D eigenvalue weighted by atomic mass is 16.5. The normalized spacial score (nSPS) is 10.9. The maximum absolute atomic E-state index is 10.1. The number of phenols is 3. The van der Waals surface area contributed by atoms with Gasteiger partial charge in [0.2, 0.25) is 0 Å². The lowest BCUT2D eigenvalue weighted by atomic mass is 10.0. The fraction of sp³-hybridized carbons (Fsp3) is 0.200. The average molecular weight is 470 g/mol. The van der Waals surface area contributed by atoms with Gasteiger partial charge in [0, 0.05) is 11.8 Å². The second-order valence-electron chi connectivity index (χ2n) is 9.19. The van der Waals surface area contributed by atoms with Gasteiger partial charge in [-0.3, -0.25) is 0 Å². The van der Waals surface area contributed by atoms with E-state index in [1.54, 1.807) is 30.3 Å². The van der Waals surface area contributed by atoms with Crippen molar-refractivity contribution in [3.05, 3.63) is 94.0 Å². The number of anilines is 3. The molecule has 0 aliphatic heterocycles. The molecule has 0 fully saturated rings. The summed E-state index contributed by atoms with van der Waals surface area (Å²) in [7, 11) is 0. The van der Waals surface area contributed by atoms with Crippen LogP contribution in [-0.2, 0) is 0 Å². The van der Waals surface area contributed by atoms with Crippen LogP contribution in [-0.4, -0.2) is 15.3 Å². The van der Waals surface area contributed by atoms with Gasteiger partial charge in [0.05, 0.1) is 11.4 Å². The predicted molar refractivity (Wildman–Crippen MR) is 141 cm³/mol. The zero-order chi connectivity index (χ0) is 25.4. The maximum Gasteiger partial charge on any atom is 0.134 e. The summed E-state index contributed by atoms with van der Waals surface area (Å²) >= 11 is 0. The number of hydrogen-bond acceptors (Lipinski definition) is 5. The minimum atomic E-state index is 0.199. The highest BCUT2D eigenvalue weighted by molar-refractivity contribution is 5.84. The van der Waals surface area contributed by atoms with Gasteiger partial charge in [-0.05, 0) is 130 Å². The zero-order valence-electron chi connectivity index (χ0n) is 21.0. The summed E-state index contributed by atoms with van der Waals surface area (Å²) in [5.41, 5.74) is 8.31. The molecule has 0 heterocycles. The molecular weight excluding hydrogens is 438 g/mol. The van der Waals surface area contributed by atoms with Crippen LogP contribution in [0.1, 0.15) is 33.4 Å². The van der Waals surface area contributed by atoms with E-state index in [2.05, 4.69) is 4.90 Å². The average Bonchev–Trinajstić information content (AvgIpc) is 2.76. The van der Waals surface area contributed by atoms with E-state index in [9.17, 15) is 15.3 Å². The molecule has 4 aromatic carbocycles. The minimum Gasteiger partial charge on any atom is -0.508 e. The van der Waals surface area contributed by atoms with Gasteiger partial charge in [-0.1, -0.05) is 0 Å². The minimum absolute atomic E-state index is 0.199. The Morgan fingerprint density at radius 2 is 1.00 bits per heavy atom. The molecule has 4 aromatic rings. The Balaban J connectivity index is 1.82. The van der Waals surface area contributed by atoms with E-state index >= 15 is 0 Å². The lowest BCUT2D eigenvalue weighted by Gasteiger charge is -2.31. The summed E-state index contributed by atoms with van der Waals surface area (Å²) in [6, 6.07) is 18.3. The van der Waals surface area contributed by atoms with Gasteiger partial charge in [0.15, 0.2) is 0 Å². The Morgan fingerprint density at radius 1 is 0.543 bits per heavy atom. The van der Waals surface area contributed by atoms with Crippen LogP contribution < -0.4 is 9.64 Å². The highest BCUT2D eigenvalue weighted by Gasteiger charge is 2.21. The van der Waals surface area contributed by atoms with Crippen LogP contribution in [0.25, 0.3) is 0 Å². The molecule has 0 amide bonds. The molecular formula is C30H31NO4. The Hall–Kier alpha value is -4.12. The first-order valence-electron chi connectivity index (χ1n) is 11.5. The number of phenolic OH excluding ortho intramolecular Hbond substituents is 3. The topological polar surface area (TPSA) is 73.2 Å². The first-order valence-corrected chi connectivity index (χ1v) is 11.5. The van der Waals surface area contributed by atoms with Crippen LogP contribution in [0.5, 0.6) is 28.7 Å². The van der Waals surface area contributed by atoms with Gasteiger partial charge < -0.3 is 25.0 Å². The van der Waals surface area contributed by atoms with E-state index < -0.39 is 0 Å². The van der Waals surface area contributed by atoms with Crippen molar-refractivity contribution in [2.24, 2.45) is 0 Å². The third-order valence-electron chi connectivity index (χ3n) is 6.22. The Morgan fingerprint density at radius 3 is 1.46 bits per heavy atom. The molecule has 5 nitrogen and oxygen atoms in total. The lowest BCUT2D eigenvalue weighted by molar-refractivity contribution is 0.450. The molecule has 0 saturated carbocycles. The van der Waals surface area contributed by atoms with Gasteiger partial charge in [-0.15, -0.1) is 0 Å². The van der Waals surface area contributed by atoms with E-state index in [1.807, 2.05) is 71.9 Å². The zero-order valence-corrected chi connectivity index (χ0v) is 21.0. The number of benzene rings is 4. The van der Waals surface area contributed by atoms with E-state index in [0.29, 0.717) is 11.5 Å². The largest absolute Gasteiger partial charge is 0.508 e. The van der Waals surface area contributed by atoms with Crippen molar-refractivity contribution in [3.63, 3.8) is 0 Å². The van der Waals surface area contributed by atoms with E-state index in [-0.39, 0.29) is 17.2 Å². The lowest BCUT2D eigenvalue weighted by Crippen LogP contribution is -2.15. The molecule has 5 heteroatoms. The summed E-state index contributed by atoms with van der Waals surface area (Å²) in [6.07, 6.45) is 0. The van der Waals surface area contributed by atoms with Crippen LogP contribution in [0.15, 0.2) is 60.7 Å². The number of aryl methyl sites for hydroxylation is 6. The standard InChI is InChI=1S/C30H31NO4/c1-17-11-18(2)28(16-27(17)34)35-26-9-7-23(8-10-26)31(29-19(3)12-24(32)13-20(29)4)30-21(5)14-25(33)15-22(30)6/h7-16,32-34H,1-6H3. The fourth-order valence-electron chi connectivity index (χ4n) is 4.66. The molecule has 0 unspecified atom stereocenters. The summed E-state index contributed by atoms with van der Waals surface area (Å²) in [6.45, 7) is 11.7. The Bertz CT molecular complexity index is 1300. The van der Waals surface area contributed by atoms with Gasteiger partial charge >= 0.3 is 0 Å². The molecule has 0 bridgehead atoms. The first-order chi connectivity index (χ1) is 16.5. The summed E-state index contributed by atoms with van der Waals surface area (Å²) in [4.78, 5) is 2.15. The van der Waals surface area contributed by atoms with Crippen LogP contribution in [0.3, 0.4) is 0 Å². The second kappa shape index (κ2) is 9.26. The molecule has 3 N–H and O–H groups in total. The first kappa shape index (κ1) is 24.0. The van der Waals surface area contributed by atoms with Crippen molar-refractivity contribution in [1.82, 2.24) is 0 Å². The number of ether oxygens (including phenoxy) is 1. The van der Waals surface area contributed by atoms with Crippen LogP contribution in [0, 0.1) is 41.5 Å².